The van der Waals surface area contributed by atoms with E-state index in [1.54, 1.807) is 11.9 Å². The van der Waals surface area contributed by atoms with Gasteiger partial charge in [-0.3, -0.25) is 9.59 Å². The Labute approximate surface area is 109 Å². The summed E-state index contributed by atoms with van der Waals surface area (Å²) in [6.45, 7) is 4.19. The fourth-order valence-corrected chi connectivity index (χ4v) is 1.67. The van der Waals surface area contributed by atoms with Crippen molar-refractivity contribution >= 4 is 24.2 Å². The Balaban J connectivity index is 0.00000256. The molecule has 1 saturated carbocycles. The minimum atomic E-state index is -0.299. The molecule has 0 aromatic carbocycles. The Kier molecular flexibility index (Phi) is 5.92. The van der Waals surface area contributed by atoms with E-state index in [9.17, 15) is 9.59 Å². The summed E-state index contributed by atoms with van der Waals surface area (Å²) in [6.07, 6.45) is 2.34. The summed E-state index contributed by atoms with van der Waals surface area (Å²) in [7, 11) is 1.78. The normalized spacial score (nSPS) is 17.6. The third-order valence-electron chi connectivity index (χ3n) is 3.64. The molecule has 0 saturated heterocycles. The van der Waals surface area contributed by atoms with Crippen LogP contribution in [0.2, 0.25) is 0 Å². The standard InChI is InChI=1S/C11H21N3O2.ClH/c1-8(11(2)4-5-11)14(3)10(16)7-13-9(15)6-12;/h8H,4-7,12H2,1-3H3,(H,13,15);1H. The number of rotatable bonds is 5. The summed E-state index contributed by atoms with van der Waals surface area (Å²) in [4.78, 5) is 24.4. The first kappa shape index (κ1) is 16.2. The first-order valence-electron chi connectivity index (χ1n) is 5.63. The van der Waals surface area contributed by atoms with Gasteiger partial charge >= 0.3 is 0 Å². The molecule has 3 N–H and O–H groups in total. The van der Waals surface area contributed by atoms with Crippen LogP contribution in [0.25, 0.3) is 0 Å². The lowest BCUT2D eigenvalue weighted by molar-refractivity contribution is -0.134. The predicted molar refractivity (Wildman–Crippen MR) is 68.9 cm³/mol. The van der Waals surface area contributed by atoms with E-state index in [2.05, 4.69) is 19.2 Å². The van der Waals surface area contributed by atoms with Crippen LogP contribution in [0.3, 0.4) is 0 Å². The zero-order chi connectivity index (χ0) is 12.3. The number of nitrogens with one attached hydrogen (secondary N) is 1. The topological polar surface area (TPSA) is 75.4 Å². The Bertz CT molecular complexity index is 292. The van der Waals surface area contributed by atoms with Crippen LogP contribution in [0, 0.1) is 5.41 Å². The van der Waals surface area contributed by atoms with Crippen LogP contribution in [0.4, 0.5) is 0 Å². The van der Waals surface area contributed by atoms with Gasteiger partial charge in [0.15, 0.2) is 0 Å². The molecule has 1 atom stereocenters. The second-order valence-electron chi connectivity index (χ2n) is 4.82. The molecule has 0 bridgehead atoms. The summed E-state index contributed by atoms with van der Waals surface area (Å²) in [5, 5.41) is 2.48. The van der Waals surface area contributed by atoms with Gasteiger partial charge in [0, 0.05) is 13.1 Å². The van der Waals surface area contributed by atoms with Gasteiger partial charge in [-0.25, -0.2) is 0 Å². The molecule has 0 heterocycles. The Hall–Kier alpha value is -0.810. The van der Waals surface area contributed by atoms with E-state index in [4.69, 9.17) is 5.73 Å². The summed E-state index contributed by atoms with van der Waals surface area (Å²) >= 11 is 0. The van der Waals surface area contributed by atoms with Crippen LogP contribution in [0.5, 0.6) is 0 Å². The zero-order valence-corrected chi connectivity index (χ0v) is 11.5. The van der Waals surface area contributed by atoms with Crippen molar-refractivity contribution in [3.05, 3.63) is 0 Å². The van der Waals surface area contributed by atoms with Gasteiger partial charge in [0.05, 0.1) is 13.1 Å². The van der Waals surface area contributed by atoms with E-state index >= 15 is 0 Å². The van der Waals surface area contributed by atoms with Gasteiger partial charge in [-0.2, -0.15) is 0 Å². The van der Waals surface area contributed by atoms with Crippen molar-refractivity contribution in [1.82, 2.24) is 10.2 Å². The number of likely N-dealkylation sites (N-methyl/N-ethyl adjacent to an activating group) is 1. The van der Waals surface area contributed by atoms with Crippen LogP contribution in [0.1, 0.15) is 26.7 Å². The highest BCUT2D eigenvalue weighted by atomic mass is 35.5. The number of carbonyl (C=O) groups is 2. The number of hydrogen-bond donors (Lipinski definition) is 2. The van der Waals surface area contributed by atoms with E-state index in [0.717, 1.165) is 0 Å². The molecule has 17 heavy (non-hydrogen) atoms. The monoisotopic (exact) mass is 263 g/mol. The number of nitrogens with two attached hydrogens (primary N) is 1. The van der Waals surface area contributed by atoms with Crippen molar-refractivity contribution in [1.29, 1.82) is 0 Å². The molecule has 5 nitrogen and oxygen atoms in total. The van der Waals surface area contributed by atoms with Crippen molar-refractivity contribution in [2.75, 3.05) is 20.1 Å². The lowest BCUT2D eigenvalue weighted by atomic mass is 9.99. The third kappa shape index (κ3) is 4.16. The average molecular weight is 264 g/mol. The molecular weight excluding hydrogens is 242 g/mol. The first-order chi connectivity index (χ1) is 7.40. The maximum Gasteiger partial charge on any atom is 0.241 e. The predicted octanol–water partition coefficient (Wildman–Crippen LogP) is 0.130. The summed E-state index contributed by atoms with van der Waals surface area (Å²) in [5.74, 6) is -0.366. The Morgan fingerprint density at radius 2 is 2.00 bits per heavy atom. The quantitative estimate of drug-likeness (QED) is 0.740. The Morgan fingerprint density at radius 1 is 1.47 bits per heavy atom. The number of amides is 2. The van der Waals surface area contributed by atoms with Gasteiger partial charge < -0.3 is 16.0 Å². The van der Waals surface area contributed by atoms with Crippen molar-refractivity contribution in [3.63, 3.8) is 0 Å². The lowest BCUT2D eigenvalue weighted by Crippen LogP contribution is -2.46. The highest BCUT2D eigenvalue weighted by molar-refractivity contribution is 5.85. The van der Waals surface area contributed by atoms with Crippen molar-refractivity contribution in [3.8, 4) is 0 Å². The lowest BCUT2D eigenvalue weighted by Gasteiger charge is -2.30. The van der Waals surface area contributed by atoms with Crippen molar-refractivity contribution in [2.24, 2.45) is 11.1 Å². The van der Waals surface area contributed by atoms with Crippen molar-refractivity contribution < 1.29 is 9.59 Å². The van der Waals surface area contributed by atoms with E-state index in [1.807, 2.05) is 0 Å². The minimum Gasteiger partial charge on any atom is -0.346 e. The maximum atomic E-state index is 11.7. The summed E-state index contributed by atoms with van der Waals surface area (Å²) in [6, 6.07) is 0.217. The molecule has 0 spiro atoms. The highest BCUT2D eigenvalue weighted by Crippen LogP contribution is 2.49. The van der Waals surface area contributed by atoms with Crippen molar-refractivity contribution in [2.45, 2.75) is 32.7 Å². The molecule has 1 fully saturated rings. The SMILES string of the molecule is CC(N(C)C(=O)CNC(=O)CN)C1(C)CC1.Cl. The summed E-state index contributed by atoms with van der Waals surface area (Å²) < 4.78 is 0. The molecule has 0 aliphatic heterocycles. The van der Waals surface area contributed by atoms with Gasteiger partial charge in [0.1, 0.15) is 0 Å². The summed E-state index contributed by atoms with van der Waals surface area (Å²) in [5.41, 5.74) is 5.40. The van der Waals surface area contributed by atoms with Crippen LogP contribution in [-0.4, -0.2) is 42.9 Å². The molecule has 1 aliphatic rings. The van der Waals surface area contributed by atoms with Gasteiger partial charge in [-0.1, -0.05) is 6.92 Å². The van der Waals surface area contributed by atoms with Crippen LogP contribution in [-0.2, 0) is 9.59 Å². The van der Waals surface area contributed by atoms with Crippen LogP contribution < -0.4 is 11.1 Å². The Morgan fingerprint density at radius 3 is 2.41 bits per heavy atom. The molecule has 1 rings (SSSR count). The van der Waals surface area contributed by atoms with Gasteiger partial charge in [0.25, 0.3) is 0 Å². The molecule has 6 heteroatoms. The average Bonchev–Trinajstić information content (AvgIpc) is 3.02. The van der Waals surface area contributed by atoms with Crippen LogP contribution >= 0.6 is 12.4 Å². The molecule has 1 unspecified atom stereocenters. The molecule has 2 amide bonds. The van der Waals surface area contributed by atoms with E-state index in [1.165, 1.54) is 12.8 Å². The maximum absolute atomic E-state index is 11.7. The third-order valence-corrected chi connectivity index (χ3v) is 3.64. The molecule has 0 aromatic rings. The fraction of sp³-hybridized carbons (Fsp3) is 0.818. The molecule has 1 aliphatic carbocycles. The molecule has 0 radical (unpaired) electrons. The number of hydrogen-bond acceptors (Lipinski definition) is 3. The second kappa shape index (κ2) is 6.21. The smallest absolute Gasteiger partial charge is 0.241 e. The molecule has 0 aromatic heterocycles. The van der Waals surface area contributed by atoms with Gasteiger partial charge in [0.2, 0.25) is 11.8 Å². The second-order valence-corrected chi connectivity index (χ2v) is 4.82. The largest absolute Gasteiger partial charge is 0.346 e. The molecule has 100 valence electrons. The molecular formula is C11H22ClN3O2. The highest BCUT2D eigenvalue weighted by Gasteiger charge is 2.45. The van der Waals surface area contributed by atoms with E-state index < -0.39 is 0 Å². The van der Waals surface area contributed by atoms with E-state index in [0.29, 0.717) is 0 Å². The first-order valence-corrected chi connectivity index (χ1v) is 5.63. The van der Waals surface area contributed by atoms with E-state index in [-0.39, 0.29) is 48.8 Å². The number of nitrogens with zero attached hydrogens (tertiary/aromatic N) is 1. The van der Waals surface area contributed by atoms with Crippen LogP contribution in [0.15, 0.2) is 0 Å². The minimum absolute atomic E-state index is 0. The van der Waals surface area contributed by atoms with Gasteiger partial charge in [-0.15, -0.1) is 12.4 Å². The number of carbonyl (C=O) groups excluding carboxylic acids is 2. The zero-order valence-electron chi connectivity index (χ0n) is 10.7. The van der Waals surface area contributed by atoms with Gasteiger partial charge in [-0.05, 0) is 25.2 Å². The fourth-order valence-electron chi connectivity index (χ4n) is 1.67. The number of halogens is 1.